The highest BCUT2D eigenvalue weighted by Crippen LogP contribution is 2.28. The lowest BCUT2D eigenvalue weighted by atomic mass is 10.2. The number of hydrogen-bond acceptors (Lipinski definition) is 4. The van der Waals surface area contributed by atoms with Crippen LogP contribution in [0.3, 0.4) is 0 Å². The maximum atomic E-state index is 12.5. The van der Waals surface area contributed by atoms with E-state index in [2.05, 4.69) is 10.2 Å². The summed E-state index contributed by atoms with van der Waals surface area (Å²) in [6, 6.07) is 4.94. The van der Waals surface area contributed by atoms with E-state index in [-0.39, 0.29) is 12.3 Å². The van der Waals surface area contributed by atoms with Crippen LogP contribution in [0.5, 0.6) is 0 Å². The minimum atomic E-state index is -3.52. The van der Waals surface area contributed by atoms with Gasteiger partial charge in [0.05, 0.1) is 12.3 Å². The summed E-state index contributed by atoms with van der Waals surface area (Å²) in [6.07, 6.45) is 1.60. The van der Waals surface area contributed by atoms with E-state index >= 15 is 0 Å². The van der Waals surface area contributed by atoms with Gasteiger partial charge in [-0.3, -0.25) is 0 Å². The number of hydrogen-bond donors (Lipinski definition) is 0. The maximum Gasteiger partial charge on any atom is 0.218 e. The van der Waals surface area contributed by atoms with Gasteiger partial charge in [-0.2, -0.15) is 4.31 Å². The molecular weight excluding hydrogens is 335 g/mol. The third-order valence-corrected chi connectivity index (χ3v) is 5.85. The number of benzene rings is 1. The van der Waals surface area contributed by atoms with Crippen LogP contribution in [0.15, 0.2) is 24.5 Å². The zero-order valence-electron chi connectivity index (χ0n) is 10.9. The first-order valence-electron chi connectivity index (χ1n) is 6.25. The van der Waals surface area contributed by atoms with Crippen molar-refractivity contribution in [3.63, 3.8) is 0 Å². The molecule has 2 aromatic rings. The zero-order valence-corrected chi connectivity index (χ0v) is 13.2. The van der Waals surface area contributed by atoms with Gasteiger partial charge in [-0.25, -0.2) is 8.42 Å². The molecule has 0 saturated carbocycles. The van der Waals surface area contributed by atoms with Gasteiger partial charge in [-0.05, 0) is 12.1 Å². The monoisotopic (exact) mass is 346 g/mol. The summed E-state index contributed by atoms with van der Waals surface area (Å²) in [5.41, 5.74) is 0.424. The smallest absolute Gasteiger partial charge is 0.218 e. The first kappa shape index (κ1) is 14.8. The Morgan fingerprint density at radius 2 is 1.90 bits per heavy atom. The normalized spacial score (nSPS) is 15.9. The van der Waals surface area contributed by atoms with Gasteiger partial charge in [0.1, 0.15) is 12.2 Å². The molecule has 0 spiro atoms. The van der Waals surface area contributed by atoms with Crippen molar-refractivity contribution in [2.45, 2.75) is 18.8 Å². The van der Waals surface area contributed by atoms with Gasteiger partial charge in [0, 0.05) is 28.7 Å². The molecule has 0 aliphatic carbocycles. The summed E-state index contributed by atoms with van der Waals surface area (Å²) >= 11 is 12.1. The largest absolute Gasteiger partial charge is 0.315 e. The van der Waals surface area contributed by atoms with Crippen LogP contribution in [0.25, 0.3) is 0 Å². The van der Waals surface area contributed by atoms with Crippen molar-refractivity contribution in [3.05, 3.63) is 46.0 Å². The second-order valence-electron chi connectivity index (χ2n) is 4.73. The van der Waals surface area contributed by atoms with E-state index in [4.69, 9.17) is 23.2 Å². The first-order valence-corrected chi connectivity index (χ1v) is 8.61. The molecule has 0 atom stereocenters. The van der Waals surface area contributed by atoms with Crippen molar-refractivity contribution in [2.24, 2.45) is 0 Å². The zero-order chi connectivity index (χ0) is 15.0. The highest BCUT2D eigenvalue weighted by Gasteiger charge is 2.29. The van der Waals surface area contributed by atoms with Gasteiger partial charge < -0.3 is 4.57 Å². The second-order valence-corrected chi connectivity index (χ2v) is 7.51. The van der Waals surface area contributed by atoms with E-state index in [1.165, 1.54) is 4.31 Å². The van der Waals surface area contributed by atoms with E-state index in [0.29, 0.717) is 34.5 Å². The number of fused-ring (bicyclic) bond motifs is 1. The number of rotatable bonds is 3. The standard InChI is InChI=1S/C12H12Cl2N4O2S/c13-10-2-1-3-11(14)9(10)7-21(19,20)18-5-4-17-8-15-16-12(17)6-18/h1-3,8H,4-7H2. The lowest BCUT2D eigenvalue weighted by Gasteiger charge is -2.26. The van der Waals surface area contributed by atoms with Crippen LogP contribution in [0.2, 0.25) is 10.0 Å². The number of nitrogens with zero attached hydrogens (tertiary/aromatic N) is 4. The predicted octanol–water partition coefficient (Wildman–Crippen LogP) is 1.93. The van der Waals surface area contributed by atoms with Crippen molar-refractivity contribution in [3.8, 4) is 0 Å². The molecule has 112 valence electrons. The Bertz CT molecular complexity index is 755. The molecule has 0 amide bonds. The molecular formula is C12H12Cl2N4O2S. The van der Waals surface area contributed by atoms with Crippen LogP contribution in [0, 0.1) is 0 Å². The minimum absolute atomic E-state index is 0.213. The van der Waals surface area contributed by atoms with Crippen molar-refractivity contribution in [2.75, 3.05) is 6.54 Å². The topological polar surface area (TPSA) is 68.1 Å². The second kappa shape index (κ2) is 5.57. The van der Waals surface area contributed by atoms with Gasteiger partial charge in [0.15, 0.2) is 0 Å². The third kappa shape index (κ3) is 2.91. The maximum absolute atomic E-state index is 12.5. The van der Waals surface area contributed by atoms with Gasteiger partial charge in [0.25, 0.3) is 0 Å². The van der Waals surface area contributed by atoms with Gasteiger partial charge in [-0.15, -0.1) is 10.2 Å². The molecule has 9 heteroatoms. The van der Waals surface area contributed by atoms with Crippen LogP contribution in [-0.4, -0.2) is 34.0 Å². The molecule has 1 aromatic carbocycles. The molecule has 0 fully saturated rings. The lowest BCUT2D eigenvalue weighted by Crippen LogP contribution is -2.39. The van der Waals surface area contributed by atoms with Crippen LogP contribution >= 0.6 is 23.2 Å². The molecule has 0 unspecified atom stereocenters. The fraction of sp³-hybridized carbons (Fsp3) is 0.333. The fourth-order valence-corrected chi connectivity index (χ4v) is 4.45. The molecule has 0 bridgehead atoms. The molecule has 0 radical (unpaired) electrons. The number of halogens is 2. The van der Waals surface area contributed by atoms with E-state index in [1.54, 1.807) is 24.5 Å². The molecule has 0 N–H and O–H groups in total. The molecule has 2 heterocycles. The summed E-state index contributed by atoms with van der Waals surface area (Å²) in [4.78, 5) is 0. The summed E-state index contributed by atoms with van der Waals surface area (Å²) < 4.78 is 28.3. The molecule has 1 aliphatic rings. The van der Waals surface area contributed by atoms with Crippen molar-refractivity contribution in [1.82, 2.24) is 19.1 Å². The molecule has 21 heavy (non-hydrogen) atoms. The number of aromatic nitrogens is 3. The van der Waals surface area contributed by atoms with Crippen LogP contribution < -0.4 is 0 Å². The van der Waals surface area contributed by atoms with Crippen LogP contribution in [0.4, 0.5) is 0 Å². The highest BCUT2D eigenvalue weighted by atomic mass is 35.5. The predicted molar refractivity (Wildman–Crippen MR) is 79.5 cm³/mol. The Morgan fingerprint density at radius 3 is 2.62 bits per heavy atom. The summed E-state index contributed by atoms with van der Waals surface area (Å²) in [7, 11) is -3.52. The Kier molecular flexibility index (Phi) is 3.92. The highest BCUT2D eigenvalue weighted by molar-refractivity contribution is 7.88. The SMILES string of the molecule is O=S(=O)(Cc1c(Cl)cccc1Cl)N1CCn2cnnc2C1. The summed E-state index contributed by atoms with van der Waals surface area (Å²) in [6.45, 7) is 1.14. The van der Waals surface area contributed by atoms with E-state index in [0.717, 1.165) is 0 Å². The average Bonchev–Trinajstić information content (AvgIpc) is 2.90. The van der Waals surface area contributed by atoms with Crippen molar-refractivity contribution in [1.29, 1.82) is 0 Å². The Morgan fingerprint density at radius 1 is 1.19 bits per heavy atom. The van der Waals surface area contributed by atoms with Crippen LogP contribution in [-0.2, 0) is 28.9 Å². The van der Waals surface area contributed by atoms with E-state index in [9.17, 15) is 8.42 Å². The minimum Gasteiger partial charge on any atom is -0.315 e. The van der Waals surface area contributed by atoms with E-state index < -0.39 is 10.0 Å². The molecule has 0 saturated heterocycles. The van der Waals surface area contributed by atoms with Crippen molar-refractivity contribution >= 4 is 33.2 Å². The van der Waals surface area contributed by atoms with E-state index in [1.807, 2.05) is 4.57 Å². The summed E-state index contributed by atoms with van der Waals surface area (Å²) in [5, 5.41) is 8.41. The lowest BCUT2D eigenvalue weighted by molar-refractivity contribution is 0.335. The summed E-state index contributed by atoms with van der Waals surface area (Å²) in [5.74, 6) is 0.412. The average molecular weight is 347 g/mol. The first-order chi connectivity index (χ1) is 9.97. The molecule has 1 aromatic heterocycles. The fourth-order valence-electron chi connectivity index (χ4n) is 2.23. The van der Waals surface area contributed by atoms with Gasteiger partial charge in [-0.1, -0.05) is 29.3 Å². The molecule has 1 aliphatic heterocycles. The quantitative estimate of drug-likeness (QED) is 0.851. The van der Waals surface area contributed by atoms with Crippen molar-refractivity contribution < 1.29 is 8.42 Å². The van der Waals surface area contributed by atoms with Crippen LogP contribution in [0.1, 0.15) is 11.4 Å². The molecule has 6 nitrogen and oxygen atoms in total. The number of sulfonamides is 1. The third-order valence-electron chi connectivity index (χ3n) is 3.39. The van der Waals surface area contributed by atoms with Gasteiger partial charge in [0.2, 0.25) is 10.0 Å². The molecule has 3 rings (SSSR count). The Labute approximate surface area is 132 Å². The Balaban J connectivity index is 1.85. The van der Waals surface area contributed by atoms with Gasteiger partial charge >= 0.3 is 0 Å². The Hall–Kier alpha value is -1.15.